The topological polar surface area (TPSA) is 7.76 Å². The molecule has 190 valence electrons. The van der Waals surface area contributed by atoms with Crippen molar-refractivity contribution in [2.75, 3.05) is 0 Å². The van der Waals surface area contributed by atoms with Crippen LogP contribution in [0.15, 0.2) is 122 Å². The zero-order valence-electron chi connectivity index (χ0n) is 22.8. The Morgan fingerprint density at radius 1 is 0.744 bits per heavy atom. The average molecular weight is 507 g/mol. The second-order valence-corrected chi connectivity index (χ2v) is 11.4. The minimum absolute atomic E-state index is 0.0443. The Kier molecular flexibility index (Phi) is 5.59. The minimum Gasteiger partial charge on any atom is -0.194 e. The Morgan fingerprint density at radius 3 is 2.31 bits per heavy atom. The molecule has 0 saturated carbocycles. The molecule has 0 bridgehead atoms. The molecular formula is C37H34N2+2. The third-order valence-electron chi connectivity index (χ3n) is 9.16. The number of fused-ring (bicyclic) bond motifs is 9. The number of nitrogens with zero attached hydrogens (tertiary/aromatic N) is 2. The van der Waals surface area contributed by atoms with Gasteiger partial charge in [-0.2, -0.15) is 9.13 Å². The third kappa shape index (κ3) is 3.78. The van der Waals surface area contributed by atoms with Gasteiger partial charge < -0.3 is 0 Å². The SMILES string of the molecule is C=C1CC2[n+]3ccccc3-c3ccccc3C2(C)CCc2ccccc2-c2ccc(-c3ccccc3C)c[n+]21. The van der Waals surface area contributed by atoms with E-state index in [9.17, 15) is 0 Å². The van der Waals surface area contributed by atoms with Gasteiger partial charge in [0.2, 0.25) is 11.4 Å². The molecule has 0 fully saturated rings. The average Bonchev–Trinajstić information content (AvgIpc) is 2.98. The number of aryl methyl sites for hydroxylation is 2. The molecule has 2 heteroatoms. The Hall–Kier alpha value is -4.30. The van der Waals surface area contributed by atoms with E-state index in [0.29, 0.717) is 0 Å². The van der Waals surface area contributed by atoms with E-state index in [-0.39, 0.29) is 11.5 Å². The van der Waals surface area contributed by atoms with Crippen molar-refractivity contribution in [1.82, 2.24) is 0 Å². The first-order chi connectivity index (χ1) is 19.0. The highest BCUT2D eigenvalue weighted by molar-refractivity contribution is 5.70. The summed E-state index contributed by atoms with van der Waals surface area (Å²) in [6, 6.07) is 38.0. The van der Waals surface area contributed by atoms with Crippen molar-refractivity contribution in [3.8, 4) is 33.6 Å². The van der Waals surface area contributed by atoms with Crippen molar-refractivity contribution in [3.05, 3.63) is 139 Å². The van der Waals surface area contributed by atoms with E-state index in [2.05, 4.69) is 139 Å². The lowest BCUT2D eigenvalue weighted by Crippen LogP contribution is -2.56. The van der Waals surface area contributed by atoms with E-state index >= 15 is 0 Å². The van der Waals surface area contributed by atoms with Gasteiger partial charge in [-0.1, -0.05) is 60.7 Å². The number of pyridine rings is 2. The van der Waals surface area contributed by atoms with Gasteiger partial charge in [0.15, 0.2) is 24.1 Å². The Bertz CT molecular complexity index is 1750. The fraction of sp³-hybridized carbons (Fsp3) is 0.189. The molecular weight excluding hydrogens is 472 g/mol. The van der Waals surface area contributed by atoms with Crippen molar-refractivity contribution < 1.29 is 9.13 Å². The van der Waals surface area contributed by atoms with E-state index < -0.39 is 0 Å². The van der Waals surface area contributed by atoms with Crippen molar-refractivity contribution in [2.24, 2.45) is 0 Å². The second kappa shape index (κ2) is 9.17. The quantitative estimate of drug-likeness (QED) is 0.204. The summed E-state index contributed by atoms with van der Waals surface area (Å²) in [5.41, 5.74) is 12.8. The van der Waals surface area contributed by atoms with Crippen molar-refractivity contribution in [3.63, 3.8) is 0 Å². The van der Waals surface area contributed by atoms with Gasteiger partial charge in [0.1, 0.15) is 0 Å². The van der Waals surface area contributed by atoms with E-state index in [4.69, 9.17) is 6.58 Å². The zero-order chi connectivity index (χ0) is 26.6. The van der Waals surface area contributed by atoms with Gasteiger partial charge in [-0.15, -0.1) is 0 Å². The number of hydrogen-bond donors (Lipinski definition) is 0. The molecule has 5 aromatic rings. The van der Waals surface area contributed by atoms with Crippen LogP contribution in [0.25, 0.3) is 39.3 Å². The van der Waals surface area contributed by atoms with Crippen molar-refractivity contribution in [2.45, 2.75) is 44.6 Å². The van der Waals surface area contributed by atoms with E-state index in [1.165, 1.54) is 50.3 Å². The van der Waals surface area contributed by atoms with E-state index in [1.807, 2.05) is 0 Å². The Labute approximate surface area is 231 Å². The van der Waals surface area contributed by atoms with E-state index in [0.717, 1.165) is 25.0 Å². The molecule has 0 saturated heterocycles. The second-order valence-electron chi connectivity index (χ2n) is 11.4. The predicted octanol–water partition coefficient (Wildman–Crippen LogP) is 7.89. The molecule has 2 aromatic heterocycles. The third-order valence-corrected chi connectivity index (χ3v) is 9.16. The maximum absolute atomic E-state index is 4.76. The standard InChI is InChI=1S/C37H34N2/c1-26-12-4-6-14-30(26)29-19-20-35-31-15-7-5-13-28(31)21-22-37(3)33-17-9-8-16-32(33)34-18-10-11-23-38(34)36(37)24-27(2)39(35)25-29/h4-20,23,25,36H,2,21-22,24H2,1,3H3/q+2. The van der Waals surface area contributed by atoms with Crippen LogP contribution in [0.3, 0.4) is 0 Å². The monoisotopic (exact) mass is 506 g/mol. The fourth-order valence-electron chi connectivity index (χ4n) is 7.01. The fourth-order valence-corrected chi connectivity index (χ4v) is 7.01. The van der Waals surface area contributed by atoms with Gasteiger partial charge in [0.25, 0.3) is 0 Å². The maximum atomic E-state index is 4.76. The molecule has 4 heterocycles. The molecule has 7 rings (SSSR count). The lowest BCUT2D eigenvalue weighted by atomic mass is 9.66. The molecule has 2 nitrogen and oxygen atoms in total. The lowest BCUT2D eigenvalue weighted by Gasteiger charge is -2.39. The van der Waals surface area contributed by atoms with Gasteiger partial charge in [0, 0.05) is 29.3 Å². The molecule has 2 unspecified atom stereocenters. The van der Waals surface area contributed by atoms with Crippen LogP contribution >= 0.6 is 0 Å². The first-order valence-corrected chi connectivity index (χ1v) is 14.0. The summed E-state index contributed by atoms with van der Waals surface area (Å²) in [6.45, 7) is 9.43. The Morgan fingerprint density at radius 2 is 1.46 bits per heavy atom. The first-order valence-electron chi connectivity index (χ1n) is 14.0. The van der Waals surface area contributed by atoms with Crippen LogP contribution in [0.1, 0.15) is 42.5 Å². The first kappa shape index (κ1) is 23.8. The molecule has 0 radical (unpaired) electrons. The molecule has 2 aliphatic heterocycles. The predicted molar refractivity (Wildman–Crippen MR) is 159 cm³/mol. The molecule has 39 heavy (non-hydrogen) atoms. The highest BCUT2D eigenvalue weighted by Crippen LogP contribution is 2.48. The number of rotatable bonds is 1. The summed E-state index contributed by atoms with van der Waals surface area (Å²) in [5.74, 6) is 0. The smallest absolute Gasteiger partial charge is 0.194 e. The molecule has 3 aromatic carbocycles. The van der Waals surface area contributed by atoms with Gasteiger partial charge in [-0.3, -0.25) is 0 Å². The lowest BCUT2D eigenvalue weighted by molar-refractivity contribution is -0.726. The number of benzene rings is 3. The summed E-state index contributed by atoms with van der Waals surface area (Å²) < 4.78 is 4.89. The van der Waals surface area contributed by atoms with Crippen LogP contribution in [0.4, 0.5) is 0 Å². The number of hydrogen-bond acceptors (Lipinski definition) is 0. The van der Waals surface area contributed by atoms with Gasteiger partial charge in [-0.25, -0.2) is 0 Å². The Balaban J connectivity index is 1.46. The van der Waals surface area contributed by atoms with Crippen molar-refractivity contribution in [1.29, 1.82) is 0 Å². The summed E-state index contributed by atoms with van der Waals surface area (Å²) in [5, 5.41) is 0. The molecule has 2 aliphatic rings. The zero-order valence-corrected chi connectivity index (χ0v) is 22.8. The molecule has 0 amide bonds. The summed E-state index contributed by atoms with van der Waals surface area (Å²) in [4.78, 5) is 0. The van der Waals surface area contributed by atoms with Crippen LogP contribution in [-0.2, 0) is 11.8 Å². The van der Waals surface area contributed by atoms with Crippen LogP contribution in [0.2, 0.25) is 0 Å². The maximum Gasteiger partial charge on any atom is 0.218 e. The van der Waals surface area contributed by atoms with Gasteiger partial charge in [-0.05, 0) is 79.8 Å². The minimum atomic E-state index is -0.0443. The van der Waals surface area contributed by atoms with E-state index in [1.54, 1.807) is 0 Å². The number of aromatic nitrogens is 2. The van der Waals surface area contributed by atoms with Crippen molar-refractivity contribution >= 4 is 5.70 Å². The molecule has 0 spiro atoms. The van der Waals surface area contributed by atoms with Crippen LogP contribution in [-0.4, -0.2) is 0 Å². The normalized spacial score (nSPS) is 19.6. The highest BCUT2D eigenvalue weighted by atomic mass is 15.1. The van der Waals surface area contributed by atoms with Gasteiger partial charge >= 0.3 is 0 Å². The molecule has 2 atom stereocenters. The van der Waals surface area contributed by atoms with Gasteiger partial charge in [0.05, 0.1) is 17.4 Å². The van der Waals surface area contributed by atoms with Crippen LogP contribution < -0.4 is 9.13 Å². The summed E-state index contributed by atoms with van der Waals surface area (Å²) in [6.07, 6.45) is 7.54. The molecule has 0 aliphatic carbocycles. The molecule has 0 N–H and O–H groups in total. The van der Waals surface area contributed by atoms with Crippen LogP contribution in [0.5, 0.6) is 0 Å². The highest BCUT2D eigenvalue weighted by Gasteiger charge is 2.50. The summed E-state index contributed by atoms with van der Waals surface area (Å²) >= 11 is 0. The number of allylic oxidation sites excluding steroid dienone is 1. The summed E-state index contributed by atoms with van der Waals surface area (Å²) in [7, 11) is 0. The largest absolute Gasteiger partial charge is 0.218 e. The van der Waals surface area contributed by atoms with Crippen LogP contribution in [0, 0.1) is 6.92 Å².